The Morgan fingerprint density at radius 2 is 1.41 bits per heavy atom. The quantitative estimate of drug-likeness (QED) is 0.453. The average Bonchev–Trinajstić information content (AvgIpc) is 2.64. The molecule has 0 saturated carbocycles. The summed E-state index contributed by atoms with van der Waals surface area (Å²) in [6.07, 6.45) is 1.93. The van der Waals surface area contributed by atoms with Crippen LogP contribution in [0.15, 0.2) is 54.6 Å². The van der Waals surface area contributed by atoms with Crippen LogP contribution in [0, 0.1) is 10.8 Å². The Balaban J connectivity index is 2.21. The summed E-state index contributed by atoms with van der Waals surface area (Å²) in [7, 11) is 1.68. The molecule has 2 rings (SSSR count). The van der Waals surface area contributed by atoms with Crippen molar-refractivity contribution in [1.29, 1.82) is 0 Å². The summed E-state index contributed by atoms with van der Waals surface area (Å²) in [5.74, 6) is 1.35. The van der Waals surface area contributed by atoms with Crippen LogP contribution in [0.1, 0.15) is 77.7 Å². The molecule has 0 heterocycles. The number of ether oxygens (including phenoxy) is 2. The first-order chi connectivity index (χ1) is 12.7. The van der Waals surface area contributed by atoms with Crippen molar-refractivity contribution in [1.82, 2.24) is 0 Å². The van der Waals surface area contributed by atoms with Gasteiger partial charge >= 0.3 is 0 Å². The maximum Gasteiger partial charge on any atom is 0.226 e. The second-order valence-electron chi connectivity index (χ2n) is 9.32. The highest BCUT2D eigenvalue weighted by Crippen LogP contribution is 2.45. The summed E-state index contributed by atoms with van der Waals surface area (Å²) in [4.78, 5) is 0. The lowest BCUT2D eigenvalue weighted by molar-refractivity contribution is -0.0562. The maximum atomic E-state index is 6.08. The fourth-order valence-electron chi connectivity index (χ4n) is 3.47. The minimum atomic E-state index is -0.394. The lowest BCUT2D eigenvalue weighted by Crippen LogP contribution is -2.26. The van der Waals surface area contributed by atoms with Gasteiger partial charge in [-0.05, 0) is 40.9 Å². The molecule has 0 fully saturated rings. The Hall–Kier alpha value is -1.80. The van der Waals surface area contributed by atoms with E-state index in [0.717, 1.165) is 17.7 Å². The SMILES string of the molecule is CCC(C)(C)C(CC(C)(C)C)c1ccc(OC(OC)c2ccccc2)cc1. The van der Waals surface area contributed by atoms with E-state index in [0.29, 0.717) is 11.3 Å². The molecule has 0 aliphatic heterocycles. The highest BCUT2D eigenvalue weighted by molar-refractivity contribution is 5.31. The average molecular weight is 369 g/mol. The molecule has 2 aromatic rings. The van der Waals surface area contributed by atoms with Crippen molar-refractivity contribution >= 4 is 0 Å². The highest BCUT2D eigenvalue weighted by Gasteiger charge is 2.32. The van der Waals surface area contributed by atoms with Crippen LogP contribution < -0.4 is 4.74 Å². The Kier molecular flexibility index (Phi) is 7.11. The zero-order valence-corrected chi connectivity index (χ0v) is 18.1. The Bertz CT molecular complexity index is 681. The summed E-state index contributed by atoms with van der Waals surface area (Å²) < 4.78 is 11.6. The smallest absolute Gasteiger partial charge is 0.226 e. The normalized spacial score (nSPS) is 14.6. The summed E-state index contributed by atoms with van der Waals surface area (Å²) in [6, 6.07) is 18.6. The van der Waals surface area contributed by atoms with Gasteiger partial charge in [-0.2, -0.15) is 0 Å². The molecule has 2 atom stereocenters. The van der Waals surface area contributed by atoms with Gasteiger partial charge in [0.1, 0.15) is 5.75 Å². The summed E-state index contributed by atoms with van der Waals surface area (Å²) >= 11 is 0. The molecule has 0 amide bonds. The van der Waals surface area contributed by atoms with Gasteiger partial charge in [0.05, 0.1) is 0 Å². The first-order valence-corrected chi connectivity index (χ1v) is 10.0. The molecule has 148 valence electrons. The third kappa shape index (κ3) is 6.10. The number of rotatable bonds is 8. The molecular weight excluding hydrogens is 332 g/mol. The first-order valence-electron chi connectivity index (χ1n) is 10.0. The van der Waals surface area contributed by atoms with Crippen molar-refractivity contribution < 1.29 is 9.47 Å². The Morgan fingerprint density at radius 1 is 0.815 bits per heavy atom. The molecule has 0 aliphatic carbocycles. The molecule has 2 nitrogen and oxygen atoms in total. The minimum absolute atomic E-state index is 0.259. The van der Waals surface area contributed by atoms with Gasteiger partial charge in [0, 0.05) is 12.7 Å². The largest absolute Gasteiger partial charge is 0.461 e. The number of benzene rings is 2. The molecule has 0 radical (unpaired) electrons. The van der Waals surface area contributed by atoms with Crippen LogP contribution in [-0.2, 0) is 4.74 Å². The van der Waals surface area contributed by atoms with Crippen LogP contribution in [0.25, 0.3) is 0 Å². The number of hydrogen-bond acceptors (Lipinski definition) is 2. The summed E-state index contributed by atoms with van der Waals surface area (Å²) in [5, 5.41) is 0. The van der Waals surface area contributed by atoms with Crippen LogP contribution in [-0.4, -0.2) is 7.11 Å². The topological polar surface area (TPSA) is 18.5 Å². The Labute approximate surface area is 165 Å². The predicted molar refractivity (Wildman–Crippen MR) is 114 cm³/mol. The van der Waals surface area contributed by atoms with E-state index in [9.17, 15) is 0 Å². The van der Waals surface area contributed by atoms with Crippen molar-refractivity contribution in [3.63, 3.8) is 0 Å². The van der Waals surface area contributed by atoms with Crippen LogP contribution in [0.3, 0.4) is 0 Å². The highest BCUT2D eigenvalue weighted by atomic mass is 16.7. The molecular formula is C25H36O2. The van der Waals surface area contributed by atoms with E-state index in [1.54, 1.807) is 7.11 Å². The number of methoxy groups -OCH3 is 1. The standard InChI is InChI=1S/C25H36O2/c1-8-25(5,6)22(18-24(2,3)4)19-14-16-21(17-15-19)27-23(26-7)20-12-10-9-11-13-20/h9-17,22-23H,8,18H2,1-7H3. The molecule has 2 unspecified atom stereocenters. The van der Waals surface area contributed by atoms with E-state index in [-0.39, 0.29) is 5.41 Å². The van der Waals surface area contributed by atoms with Gasteiger partial charge in [-0.25, -0.2) is 0 Å². The molecule has 0 bridgehead atoms. The molecule has 0 spiro atoms. The van der Waals surface area contributed by atoms with Gasteiger partial charge in [-0.15, -0.1) is 0 Å². The fourth-order valence-corrected chi connectivity index (χ4v) is 3.47. The first kappa shape index (κ1) is 21.5. The number of hydrogen-bond donors (Lipinski definition) is 0. The molecule has 2 heteroatoms. The van der Waals surface area contributed by atoms with Crippen molar-refractivity contribution in [3.8, 4) is 5.75 Å². The summed E-state index contributed by atoms with van der Waals surface area (Å²) in [6.45, 7) is 14.0. The van der Waals surface area contributed by atoms with E-state index in [2.05, 4.69) is 65.8 Å². The second-order valence-corrected chi connectivity index (χ2v) is 9.32. The second kappa shape index (κ2) is 8.93. The van der Waals surface area contributed by atoms with Crippen molar-refractivity contribution in [2.45, 2.75) is 66.6 Å². The van der Waals surface area contributed by atoms with Gasteiger partial charge < -0.3 is 9.47 Å². The molecule has 0 aliphatic rings. The maximum absolute atomic E-state index is 6.08. The van der Waals surface area contributed by atoms with Gasteiger partial charge in [-0.3, -0.25) is 0 Å². The third-order valence-electron chi connectivity index (χ3n) is 5.48. The van der Waals surface area contributed by atoms with Gasteiger partial charge in [0.2, 0.25) is 6.29 Å². The van der Waals surface area contributed by atoms with Crippen LogP contribution >= 0.6 is 0 Å². The van der Waals surface area contributed by atoms with Crippen molar-refractivity contribution in [3.05, 3.63) is 65.7 Å². The van der Waals surface area contributed by atoms with E-state index in [1.807, 2.05) is 30.3 Å². The molecule has 0 N–H and O–H groups in total. The van der Waals surface area contributed by atoms with E-state index < -0.39 is 6.29 Å². The van der Waals surface area contributed by atoms with Crippen molar-refractivity contribution in [2.24, 2.45) is 10.8 Å². The van der Waals surface area contributed by atoms with Crippen molar-refractivity contribution in [2.75, 3.05) is 7.11 Å². The fraction of sp³-hybridized carbons (Fsp3) is 0.520. The lowest BCUT2D eigenvalue weighted by atomic mass is 9.67. The zero-order chi connectivity index (χ0) is 20.1. The molecule has 0 saturated heterocycles. The molecule has 0 aromatic heterocycles. The van der Waals surface area contributed by atoms with E-state index in [1.165, 1.54) is 12.0 Å². The molecule has 27 heavy (non-hydrogen) atoms. The van der Waals surface area contributed by atoms with Gasteiger partial charge in [-0.1, -0.05) is 90.4 Å². The predicted octanol–water partition coefficient (Wildman–Crippen LogP) is 7.37. The summed E-state index contributed by atoms with van der Waals surface area (Å²) in [5.41, 5.74) is 2.95. The minimum Gasteiger partial charge on any atom is -0.461 e. The van der Waals surface area contributed by atoms with Gasteiger partial charge in [0.25, 0.3) is 0 Å². The zero-order valence-electron chi connectivity index (χ0n) is 18.1. The van der Waals surface area contributed by atoms with Crippen LogP contribution in [0.4, 0.5) is 0 Å². The van der Waals surface area contributed by atoms with Gasteiger partial charge in [0.15, 0.2) is 0 Å². The third-order valence-corrected chi connectivity index (χ3v) is 5.48. The van der Waals surface area contributed by atoms with Crippen LogP contribution in [0.2, 0.25) is 0 Å². The van der Waals surface area contributed by atoms with E-state index in [4.69, 9.17) is 9.47 Å². The lowest BCUT2D eigenvalue weighted by Gasteiger charge is -2.38. The Morgan fingerprint density at radius 3 is 1.89 bits per heavy atom. The van der Waals surface area contributed by atoms with E-state index >= 15 is 0 Å². The van der Waals surface area contributed by atoms with Crippen LogP contribution in [0.5, 0.6) is 5.75 Å². The monoisotopic (exact) mass is 368 g/mol. The molecule has 2 aromatic carbocycles.